The lowest BCUT2D eigenvalue weighted by atomic mass is 10.0. The number of pyridine rings is 1. The van der Waals surface area contributed by atoms with Crippen LogP contribution in [-0.2, 0) is 0 Å². The largest absolute Gasteiger partial charge is 0.395 e. The number of aliphatic hydroxyl groups is 1. The molecule has 24 heavy (non-hydrogen) atoms. The van der Waals surface area contributed by atoms with Crippen molar-refractivity contribution in [2.45, 2.75) is 51.6 Å². The standard InChI is InChI=1S/C18H30N4O2/c1-14(2)21-18(24)15-7-9-20-17(12-15)19-8-5-11-22-10-4-3-6-16(22)13-23/h7,9,12,14,16,23H,3-6,8,10-11,13H2,1-2H3,(H,19,20)(H,21,24)/t16-/m1/s1. The van der Waals surface area contributed by atoms with Crippen molar-refractivity contribution in [3.8, 4) is 0 Å². The van der Waals surface area contributed by atoms with E-state index in [1.54, 1.807) is 18.3 Å². The SMILES string of the molecule is CC(C)NC(=O)c1ccnc(NCCCN2CCCC[C@@H]2CO)c1. The average Bonchev–Trinajstić information content (AvgIpc) is 2.58. The van der Waals surface area contributed by atoms with Gasteiger partial charge in [-0.25, -0.2) is 4.98 Å². The number of carbonyl (C=O) groups excluding carboxylic acids is 1. The fraction of sp³-hybridized carbons (Fsp3) is 0.667. The van der Waals surface area contributed by atoms with E-state index in [1.807, 2.05) is 13.8 Å². The number of hydrogen-bond acceptors (Lipinski definition) is 5. The van der Waals surface area contributed by atoms with Gasteiger partial charge in [0.2, 0.25) is 0 Å². The molecule has 0 aliphatic carbocycles. The molecular formula is C18H30N4O2. The fourth-order valence-electron chi connectivity index (χ4n) is 3.07. The molecule has 1 aliphatic heterocycles. The number of anilines is 1. The predicted octanol–water partition coefficient (Wildman–Crippen LogP) is 1.87. The van der Waals surface area contributed by atoms with Crippen molar-refractivity contribution in [2.24, 2.45) is 0 Å². The van der Waals surface area contributed by atoms with Crippen LogP contribution in [0.15, 0.2) is 18.3 Å². The van der Waals surface area contributed by atoms with E-state index < -0.39 is 0 Å². The van der Waals surface area contributed by atoms with Gasteiger partial charge >= 0.3 is 0 Å². The molecule has 1 aromatic rings. The summed E-state index contributed by atoms with van der Waals surface area (Å²) in [5.41, 5.74) is 0.623. The Morgan fingerprint density at radius 2 is 2.29 bits per heavy atom. The van der Waals surface area contributed by atoms with E-state index in [2.05, 4.69) is 20.5 Å². The van der Waals surface area contributed by atoms with Crippen molar-refractivity contribution < 1.29 is 9.90 Å². The third-order valence-corrected chi connectivity index (χ3v) is 4.33. The van der Waals surface area contributed by atoms with Gasteiger partial charge in [-0.15, -0.1) is 0 Å². The van der Waals surface area contributed by atoms with Gasteiger partial charge in [0.15, 0.2) is 0 Å². The van der Waals surface area contributed by atoms with Crippen LogP contribution in [-0.4, -0.2) is 59.2 Å². The summed E-state index contributed by atoms with van der Waals surface area (Å²) in [5.74, 6) is 0.651. The molecule has 0 radical (unpaired) electrons. The van der Waals surface area contributed by atoms with Gasteiger partial charge in [-0.1, -0.05) is 6.42 Å². The normalized spacial score (nSPS) is 18.6. The van der Waals surface area contributed by atoms with Crippen molar-refractivity contribution in [3.05, 3.63) is 23.9 Å². The Labute approximate surface area is 144 Å². The maximum atomic E-state index is 12.0. The molecule has 0 bridgehead atoms. The van der Waals surface area contributed by atoms with Gasteiger partial charge in [-0.05, 0) is 51.8 Å². The maximum absolute atomic E-state index is 12.0. The van der Waals surface area contributed by atoms with Gasteiger partial charge in [-0.3, -0.25) is 9.69 Å². The monoisotopic (exact) mass is 334 g/mol. The molecular weight excluding hydrogens is 304 g/mol. The van der Waals surface area contributed by atoms with Crippen molar-refractivity contribution in [3.63, 3.8) is 0 Å². The number of carbonyl (C=O) groups is 1. The number of nitrogens with one attached hydrogen (secondary N) is 2. The number of nitrogens with zero attached hydrogens (tertiary/aromatic N) is 2. The van der Waals surface area contributed by atoms with E-state index >= 15 is 0 Å². The first-order chi connectivity index (χ1) is 11.6. The first kappa shape index (κ1) is 18.7. The number of piperidine rings is 1. The molecule has 1 aliphatic rings. The lowest BCUT2D eigenvalue weighted by molar-refractivity contribution is 0.0901. The highest BCUT2D eigenvalue weighted by Gasteiger charge is 2.20. The molecule has 0 aromatic carbocycles. The molecule has 2 rings (SSSR count). The van der Waals surface area contributed by atoms with Crippen molar-refractivity contribution in [1.82, 2.24) is 15.2 Å². The molecule has 1 saturated heterocycles. The topological polar surface area (TPSA) is 77.5 Å². The molecule has 3 N–H and O–H groups in total. The third kappa shape index (κ3) is 5.76. The van der Waals surface area contributed by atoms with Crippen LogP contribution in [0.3, 0.4) is 0 Å². The number of aliphatic hydroxyl groups excluding tert-OH is 1. The van der Waals surface area contributed by atoms with Crippen LogP contribution in [0, 0.1) is 0 Å². The van der Waals surface area contributed by atoms with Crippen LogP contribution in [0.25, 0.3) is 0 Å². The summed E-state index contributed by atoms with van der Waals surface area (Å²) in [5, 5.41) is 15.6. The maximum Gasteiger partial charge on any atom is 0.251 e. The van der Waals surface area contributed by atoms with E-state index in [0.29, 0.717) is 11.6 Å². The van der Waals surface area contributed by atoms with Gasteiger partial charge in [0.1, 0.15) is 5.82 Å². The molecule has 1 amide bonds. The summed E-state index contributed by atoms with van der Waals surface area (Å²) in [7, 11) is 0. The first-order valence-corrected chi connectivity index (χ1v) is 8.96. The second kappa shape index (κ2) is 9.59. The predicted molar refractivity (Wildman–Crippen MR) is 96.2 cm³/mol. The van der Waals surface area contributed by atoms with Gasteiger partial charge < -0.3 is 15.7 Å². The van der Waals surface area contributed by atoms with Crippen LogP contribution >= 0.6 is 0 Å². The highest BCUT2D eigenvalue weighted by atomic mass is 16.3. The zero-order valence-electron chi connectivity index (χ0n) is 14.8. The van der Waals surface area contributed by atoms with Crippen LogP contribution in [0.1, 0.15) is 49.9 Å². The first-order valence-electron chi connectivity index (χ1n) is 8.96. The van der Waals surface area contributed by atoms with Gasteiger partial charge in [-0.2, -0.15) is 0 Å². The summed E-state index contributed by atoms with van der Waals surface area (Å²) >= 11 is 0. The van der Waals surface area contributed by atoms with Crippen LogP contribution in [0.5, 0.6) is 0 Å². The highest BCUT2D eigenvalue weighted by Crippen LogP contribution is 2.16. The Hall–Kier alpha value is -1.66. The van der Waals surface area contributed by atoms with Crippen LogP contribution in [0.2, 0.25) is 0 Å². The van der Waals surface area contributed by atoms with E-state index in [0.717, 1.165) is 38.3 Å². The summed E-state index contributed by atoms with van der Waals surface area (Å²) in [6.07, 6.45) is 6.18. The lowest BCUT2D eigenvalue weighted by Crippen LogP contribution is -2.42. The molecule has 0 spiro atoms. The summed E-state index contributed by atoms with van der Waals surface area (Å²) < 4.78 is 0. The van der Waals surface area contributed by atoms with Crippen LogP contribution < -0.4 is 10.6 Å². The Bertz CT molecular complexity index is 521. The third-order valence-electron chi connectivity index (χ3n) is 4.33. The van der Waals surface area contributed by atoms with E-state index in [1.165, 1.54) is 12.8 Å². The smallest absolute Gasteiger partial charge is 0.251 e. The molecule has 0 saturated carbocycles. The van der Waals surface area contributed by atoms with Crippen molar-refractivity contribution in [2.75, 3.05) is 31.6 Å². The van der Waals surface area contributed by atoms with Gasteiger partial charge in [0.05, 0.1) is 6.61 Å². The number of amides is 1. The molecule has 6 heteroatoms. The molecule has 134 valence electrons. The Balaban J connectivity index is 1.77. The Kier molecular flexibility index (Phi) is 7.46. The molecule has 6 nitrogen and oxygen atoms in total. The molecule has 0 unspecified atom stereocenters. The van der Waals surface area contributed by atoms with E-state index in [-0.39, 0.29) is 18.6 Å². The number of hydrogen-bond donors (Lipinski definition) is 3. The van der Waals surface area contributed by atoms with E-state index in [4.69, 9.17) is 0 Å². The highest BCUT2D eigenvalue weighted by molar-refractivity contribution is 5.94. The second-order valence-corrected chi connectivity index (χ2v) is 6.71. The summed E-state index contributed by atoms with van der Waals surface area (Å²) in [6, 6.07) is 3.95. The van der Waals surface area contributed by atoms with Gasteiger partial charge in [0.25, 0.3) is 5.91 Å². The Morgan fingerprint density at radius 1 is 1.46 bits per heavy atom. The average molecular weight is 334 g/mol. The number of rotatable bonds is 8. The molecule has 1 fully saturated rings. The molecule has 2 heterocycles. The quantitative estimate of drug-likeness (QED) is 0.633. The minimum atomic E-state index is -0.0745. The summed E-state index contributed by atoms with van der Waals surface area (Å²) in [4.78, 5) is 18.7. The number of likely N-dealkylation sites (tertiary alicyclic amines) is 1. The zero-order valence-corrected chi connectivity index (χ0v) is 14.8. The minimum Gasteiger partial charge on any atom is -0.395 e. The Morgan fingerprint density at radius 3 is 3.04 bits per heavy atom. The second-order valence-electron chi connectivity index (χ2n) is 6.71. The zero-order chi connectivity index (χ0) is 17.4. The molecule has 1 aromatic heterocycles. The fourth-order valence-corrected chi connectivity index (χ4v) is 3.07. The lowest BCUT2D eigenvalue weighted by Gasteiger charge is -2.34. The van der Waals surface area contributed by atoms with Crippen molar-refractivity contribution in [1.29, 1.82) is 0 Å². The minimum absolute atomic E-state index is 0.0745. The van der Waals surface area contributed by atoms with Crippen LogP contribution in [0.4, 0.5) is 5.82 Å². The number of aromatic nitrogens is 1. The molecule has 1 atom stereocenters. The summed E-state index contributed by atoms with van der Waals surface area (Å²) in [6.45, 7) is 7.00. The van der Waals surface area contributed by atoms with Gasteiger partial charge in [0, 0.05) is 36.9 Å². The van der Waals surface area contributed by atoms with E-state index in [9.17, 15) is 9.90 Å². The van der Waals surface area contributed by atoms with Crippen molar-refractivity contribution >= 4 is 11.7 Å².